The molecule has 0 saturated heterocycles. The number of nitrogens with zero attached hydrogens (tertiary/aromatic N) is 4. The van der Waals surface area contributed by atoms with Gasteiger partial charge in [-0.3, -0.25) is 9.59 Å². The van der Waals surface area contributed by atoms with E-state index in [2.05, 4.69) is 43.9 Å². The van der Waals surface area contributed by atoms with Crippen LogP contribution < -0.4 is 20.9 Å². The van der Waals surface area contributed by atoms with E-state index in [1.165, 1.54) is 0 Å². The summed E-state index contributed by atoms with van der Waals surface area (Å²) < 4.78 is 15.0. The second-order valence-corrected chi connectivity index (χ2v) is 8.65. The average molecular weight is 524 g/mol. The van der Waals surface area contributed by atoms with Crippen molar-refractivity contribution >= 4 is 51.6 Å². The molecule has 3 N–H and O–H groups in total. The number of rotatable bonds is 5. The number of fused-ring (bicyclic) bond motifs is 2. The van der Waals surface area contributed by atoms with Crippen LogP contribution in [0.25, 0.3) is 0 Å². The Morgan fingerprint density at radius 2 is 2.13 bits per heavy atom. The number of Topliss-reactive ketones (excluding diaryl/α,β-unsaturated/α-hetero) is 1. The molecule has 10 heteroatoms. The summed E-state index contributed by atoms with van der Waals surface area (Å²) >= 11 is 2.29. The summed E-state index contributed by atoms with van der Waals surface area (Å²) in [6.45, 7) is 0.345. The van der Waals surface area contributed by atoms with Crippen LogP contribution in [0.15, 0.2) is 12.1 Å². The topological polar surface area (TPSA) is 104 Å². The highest BCUT2D eigenvalue weighted by atomic mass is 127. The quantitative estimate of drug-likeness (QED) is 0.455. The number of carbonyl (C=O) groups excluding carboxylic acids is 2. The van der Waals surface area contributed by atoms with Gasteiger partial charge in [0.1, 0.15) is 11.9 Å². The highest BCUT2D eigenvalue weighted by molar-refractivity contribution is 14.1. The fraction of sp³-hybridized carbons (Fsp3) is 0.400. The van der Waals surface area contributed by atoms with E-state index >= 15 is 0 Å². The minimum absolute atomic E-state index is 0.0614. The number of aryl methyl sites for hydroxylation is 1. The van der Waals surface area contributed by atoms with Crippen molar-refractivity contribution in [1.29, 1.82) is 0 Å². The van der Waals surface area contributed by atoms with Gasteiger partial charge in [0.15, 0.2) is 17.4 Å². The Morgan fingerprint density at radius 1 is 1.37 bits per heavy atom. The van der Waals surface area contributed by atoms with Crippen molar-refractivity contribution < 1.29 is 14.0 Å². The zero-order chi connectivity index (χ0) is 21.6. The maximum Gasteiger partial charge on any atom is 0.312 e. The molecule has 1 aromatic carbocycles. The molecule has 0 radical (unpaired) electrons. The lowest BCUT2D eigenvalue weighted by Crippen LogP contribution is -2.44. The van der Waals surface area contributed by atoms with Gasteiger partial charge >= 0.3 is 6.08 Å². The first kappa shape index (κ1) is 20.8. The van der Waals surface area contributed by atoms with E-state index in [9.17, 15) is 14.0 Å². The molecule has 0 bridgehead atoms. The molecular formula is C20H22FIN6O2. The summed E-state index contributed by atoms with van der Waals surface area (Å²) in [5.74, 6) is 0.486. The number of carbonyl (C=O) groups is 2. The Labute approximate surface area is 187 Å². The Balaban J connectivity index is 1.70. The van der Waals surface area contributed by atoms with Gasteiger partial charge in [0.25, 0.3) is 0 Å². The van der Waals surface area contributed by atoms with E-state index in [-0.39, 0.29) is 30.1 Å². The lowest BCUT2D eigenvalue weighted by Gasteiger charge is -2.30. The summed E-state index contributed by atoms with van der Waals surface area (Å²) in [6.07, 6.45) is 0.969. The number of nitrogens with one attached hydrogen (secondary N) is 1. The molecule has 1 amide bonds. The molecule has 2 aliphatic rings. The average Bonchev–Trinajstić information content (AvgIpc) is 3.18. The smallest absolute Gasteiger partial charge is 0.312 e. The number of hydrogen-bond acceptors (Lipinski definition) is 7. The molecule has 30 heavy (non-hydrogen) atoms. The minimum atomic E-state index is -0.900. The third-order valence-electron chi connectivity index (χ3n) is 5.75. The predicted molar refractivity (Wildman–Crippen MR) is 120 cm³/mol. The van der Waals surface area contributed by atoms with Gasteiger partial charge in [0.2, 0.25) is 5.91 Å². The molecule has 0 fully saturated rings. The van der Waals surface area contributed by atoms with Gasteiger partial charge in [0, 0.05) is 49.0 Å². The fourth-order valence-corrected chi connectivity index (χ4v) is 4.93. The van der Waals surface area contributed by atoms with Gasteiger partial charge < -0.3 is 20.9 Å². The number of ketones is 1. The fourth-order valence-electron chi connectivity index (χ4n) is 4.18. The molecule has 1 aliphatic heterocycles. The third kappa shape index (κ3) is 3.57. The van der Waals surface area contributed by atoms with E-state index in [1.54, 1.807) is 7.05 Å². The molecule has 2 heterocycles. The van der Waals surface area contributed by atoms with Crippen molar-refractivity contribution in [3.63, 3.8) is 0 Å². The zero-order valence-corrected chi connectivity index (χ0v) is 18.9. The molecular weight excluding hydrogens is 502 g/mol. The van der Waals surface area contributed by atoms with Crippen molar-refractivity contribution in [3.05, 3.63) is 38.5 Å². The number of nitrogen functional groups attached to an aromatic ring is 1. The normalized spacial score (nSPS) is 17.3. The van der Waals surface area contributed by atoms with Crippen LogP contribution in [-0.2, 0) is 17.6 Å². The maximum absolute atomic E-state index is 13.9. The van der Waals surface area contributed by atoms with Crippen LogP contribution in [0, 0.1) is 9.65 Å². The molecule has 8 nitrogen and oxygen atoms in total. The summed E-state index contributed by atoms with van der Waals surface area (Å²) in [7, 11) is 3.43. The van der Waals surface area contributed by atoms with Crippen LogP contribution in [0.2, 0.25) is 0 Å². The summed E-state index contributed by atoms with van der Waals surface area (Å²) in [5.41, 5.74) is 9.44. The number of likely N-dealkylation sites (N-methyl/N-ethyl adjacent to an activating group) is 1. The van der Waals surface area contributed by atoms with Crippen molar-refractivity contribution in [2.45, 2.75) is 31.8 Å². The standard InChI is InChI=1S/C20H22FIN6O2/c1-24-15(30)5-6-28-16(27(2)17-18(23)25-20(21)26-19(17)28)9-11-7-12-10(8-13(11)22)3-4-14(12)29/h7-8,16H,3-6,9H2,1-2H3,(H,24,30)(H2,23,25,26). The first-order valence-corrected chi connectivity index (χ1v) is 10.8. The van der Waals surface area contributed by atoms with E-state index in [4.69, 9.17) is 5.73 Å². The molecule has 1 aromatic heterocycles. The summed E-state index contributed by atoms with van der Waals surface area (Å²) in [4.78, 5) is 35.5. The number of hydrogen-bond donors (Lipinski definition) is 2. The van der Waals surface area contributed by atoms with Gasteiger partial charge in [-0.05, 0) is 52.3 Å². The number of benzene rings is 1. The Kier molecular flexibility index (Phi) is 5.51. The Hall–Kier alpha value is -2.50. The number of aromatic nitrogens is 2. The summed E-state index contributed by atoms with van der Waals surface area (Å²) in [6, 6.07) is 4.04. The van der Waals surface area contributed by atoms with E-state index in [0.29, 0.717) is 30.9 Å². The van der Waals surface area contributed by atoms with Gasteiger partial charge in [0.05, 0.1) is 0 Å². The molecule has 2 aromatic rings. The molecule has 1 atom stereocenters. The predicted octanol–water partition coefficient (Wildman–Crippen LogP) is 1.89. The van der Waals surface area contributed by atoms with Crippen LogP contribution in [0.4, 0.5) is 21.7 Å². The molecule has 0 saturated carbocycles. The largest absolute Gasteiger partial charge is 0.382 e. The Bertz CT molecular complexity index is 1050. The second kappa shape index (κ2) is 7.97. The van der Waals surface area contributed by atoms with Gasteiger partial charge in [-0.15, -0.1) is 0 Å². The molecule has 1 aliphatic carbocycles. The van der Waals surface area contributed by atoms with Crippen molar-refractivity contribution in [2.24, 2.45) is 0 Å². The van der Waals surface area contributed by atoms with E-state index in [1.807, 2.05) is 22.9 Å². The van der Waals surface area contributed by atoms with Crippen LogP contribution in [0.1, 0.15) is 34.3 Å². The van der Waals surface area contributed by atoms with Gasteiger partial charge in [-0.2, -0.15) is 14.4 Å². The van der Waals surface area contributed by atoms with E-state index < -0.39 is 6.08 Å². The van der Waals surface area contributed by atoms with E-state index in [0.717, 1.165) is 26.7 Å². The highest BCUT2D eigenvalue weighted by Crippen LogP contribution is 2.42. The second-order valence-electron chi connectivity index (χ2n) is 7.49. The number of amides is 1. The summed E-state index contributed by atoms with van der Waals surface area (Å²) in [5, 5.41) is 2.60. The highest BCUT2D eigenvalue weighted by Gasteiger charge is 2.38. The maximum atomic E-state index is 13.9. The molecule has 1 unspecified atom stereocenters. The van der Waals surface area contributed by atoms with Crippen molar-refractivity contribution in [3.8, 4) is 0 Å². The molecule has 0 spiro atoms. The van der Waals surface area contributed by atoms with Gasteiger partial charge in [-0.25, -0.2) is 0 Å². The van der Waals surface area contributed by atoms with Crippen molar-refractivity contribution in [2.75, 3.05) is 36.2 Å². The molecule has 4 rings (SSSR count). The zero-order valence-electron chi connectivity index (χ0n) is 16.7. The third-order valence-corrected chi connectivity index (χ3v) is 6.76. The molecule has 158 valence electrons. The first-order chi connectivity index (χ1) is 14.3. The number of halogens is 2. The van der Waals surface area contributed by atoms with Crippen molar-refractivity contribution in [1.82, 2.24) is 15.3 Å². The monoisotopic (exact) mass is 524 g/mol. The Morgan fingerprint density at radius 3 is 2.87 bits per heavy atom. The lowest BCUT2D eigenvalue weighted by molar-refractivity contribution is -0.120. The van der Waals surface area contributed by atoms with Crippen LogP contribution >= 0.6 is 22.6 Å². The number of anilines is 3. The lowest BCUT2D eigenvalue weighted by atomic mass is 10.0. The minimum Gasteiger partial charge on any atom is -0.382 e. The first-order valence-electron chi connectivity index (χ1n) is 9.67. The van der Waals surface area contributed by atoms with Crippen LogP contribution in [-0.4, -0.2) is 48.5 Å². The van der Waals surface area contributed by atoms with Crippen LogP contribution in [0.5, 0.6) is 0 Å². The van der Waals surface area contributed by atoms with Gasteiger partial charge in [-0.1, -0.05) is 0 Å². The van der Waals surface area contributed by atoms with Crippen LogP contribution in [0.3, 0.4) is 0 Å². The number of nitrogens with two attached hydrogens (primary N) is 1. The SMILES string of the molecule is CNC(=O)CCN1c2nc(F)nc(N)c2N(C)C1Cc1cc2c(cc1I)CCC2=O.